The lowest BCUT2D eigenvalue weighted by molar-refractivity contribution is -0.146. The van der Waals surface area contributed by atoms with Gasteiger partial charge in [0.1, 0.15) is 17.4 Å². The van der Waals surface area contributed by atoms with E-state index >= 15 is 0 Å². The number of benzene rings is 2. The SMILES string of the molecule is O=C(O)C(=O)/C=C(\O)c1cn(Cc2ccccc2F)c(=O)n(Cc2cccc(F)c2)c1=O. The van der Waals surface area contributed by atoms with E-state index in [2.05, 4.69) is 0 Å². The number of nitrogens with zero attached hydrogens (tertiary/aromatic N) is 2. The molecule has 0 atom stereocenters. The van der Waals surface area contributed by atoms with Crippen LogP contribution < -0.4 is 11.2 Å². The third-order valence-corrected chi connectivity index (χ3v) is 4.52. The minimum absolute atomic E-state index is 0.0987. The lowest BCUT2D eigenvalue weighted by Crippen LogP contribution is -2.41. The highest BCUT2D eigenvalue weighted by atomic mass is 19.1. The topological polar surface area (TPSA) is 119 Å². The molecule has 1 heterocycles. The monoisotopic (exact) mass is 442 g/mol. The van der Waals surface area contributed by atoms with Crippen molar-refractivity contribution >= 4 is 17.5 Å². The number of aliphatic hydroxyl groups excluding tert-OH is 1. The molecule has 2 N–H and O–H groups in total. The zero-order chi connectivity index (χ0) is 23.4. The molecule has 2 aromatic carbocycles. The molecule has 0 saturated carbocycles. The summed E-state index contributed by atoms with van der Waals surface area (Å²) in [5.41, 5.74) is -2.14. The fraction of sp³-hybridized carbons (Fsp3) is 0.0909. The maximum absolute atomic E-state index is 14.1. The van der Waals surface area contributed by atoms with Crippen molar-refractivity contribution < 1.29 is 28.6 Å². The van der Waals surface area contributed by atoms with Crippen LogP contribution in [0, 0.1) is 11.6 Å². The molecule has 0 amide bonds. The van der Waals surface area contributed by atoms with Gasteiger partial charge in [0.05, 0.1) is 18.7 Å². The van der Waals surface area contributed by atoms with Crippen LogP contribution in [0.1, 0.15) is 16.7 Å². The summed E-state index contributed by atoms with van der Waals surface area (Å²) in [6.45, 7) is -0.719. The van der Waals surface area contributed by atoms with E-state index in [1.807, 2.05) is 0 Å². The van der Waals surface area contributed by atoms with Gasteiger partial charge in [-0.1, -0.05) is 30.3 Å². The van der Waals surface area contributed by atoms with Gasteiger partial charge in [0.2, 0.25) is 0 Å². The number of carbonyl (C=O) groups is 2. The molecule has 0 bridgehead atoms. The van der Waals surface area contributed by atoms with Crippen LogP contribution in [0.4, 0.5) is 8.78 Å². The van der Waals surface area contributed by atoms with Gasteiger partial charge in [0, 0.05) is 17.8 Å². The first-order valence-electron chi connectivity index (χ1n) is 9.17. The van der Waals surface area contributed by atoms with Crippen LogP contribution >= 0.6 is 0 Å². The first kappa shape index (κ1) is 22.3. The number of aliphatic carboxylic acids is 1. The van der Waals surface area contributed by atoms with Gasteiger partial charge < -0.3 is 10.2 Å². The largest absolute Gasteiger partial charge is 0.507 e. The maximum atomic E-state index is 14.1. The Morgan fingerprint density at radius 3 is 2.34 bits per heavy atom. The van der Waals surface area contributed by atoms with Crippen molar-refractivity contribution in [3.63, 3.8) is 0 Å². The molecular weight excluding hydrogens is 426 g/mol. The first-order valence-corrected chi connectivity index (χ1v) is 9.17. The highest BCUT2D eigenvalue weighted by molar-refractivity contribution is 6.38. The van der Waals surface area contributed by atoms with Crippen molar-refractivity contribution in [1.82, 2.24) is 9.13 Å². The Morgan fingerprint density at radius 1 is 0.969 bits per heavy atom. The second-order valence-electron chi connectivity index (χ2n) is 6.76. The fourth-order valence-corrected chi connectivity index (χ4v) is 2.97. The van der Waals surface area contributed by atoms with Gasteiger partial charge in [-0.3, -0.25) is 18.7 Å². The number of hydrogen-bond donors (Lipinski definition) is 2. The number of aromatic nitrogens is 2. The predicted octanol–water partition coefficient (Wildman–Crippen LogP) is 1.94. The molecule has 1 aromatic heterocycles. The van der Waals surface area contributed by atoms with Crippen LogP contribution in [-0.2, 0) is 22.7 Å². The molecule has 0 aliphatic heterocycles. The van der Waals surface area contributed by atoms with Crippen LogP contribution in [0.15, 0.2) is 70.4 Å². The number of aliphatic hydroxyl groups is 1. The van der Waals surface area contributed by atoms with Gasteiger partial charge in [0.25, 0.3) is 11.3 Å². The lowest BCUT2D eigenvalue weighted by atomic mass is 10.2. The summed E-state index contributed by atoms with van der Waals surface area (Å²) in [4.78, 5) is 48.0. The summed E-state index contributed by atoms with van der Waals surface area (Å²) in [6.07, 6.45) is 1.23. The molecule has 0 aliphatic carbocycles. The first-order chi connectivity index (χ1) is 15.2. The van der Waals surface area contributed by atoms with E-state index in [0.29, 0.717) is 10.6 Å². The number of carbonyl (C=O) groups excluding carboxylic acids is 1. The number of halogens is 2. The fourth-order valence-electron chi connectivity index (χ4n) is 2.97. The third-order valence-electron chi connectivity index (χ3n) is 4.52. The molecule has 3 rings (SSSR count). The second-order valence-corrected chi connectivity index (χ2v) is 6.76. The van der Waals surface area contributed by atoms with E-state index in [9.17, 15) is 33.1 Å². The maximum Gasteiger partial charge on any atom is 0.376 e. The Balaban J connectivity index is 2.19. The summed E-state index contributed by atoms with van der Waals surface area (Å²) in [5, 5.41) is 18.9. The zero-order valence-electron chi connectivity index (χ0n) is 16.4. The summed E-state index contributed by atoms with van der Waals surface area (Å²) in [6, 6.07) is 10.7. The Morgan fingerprint density at radius 2 is 1.69 bits per heavy atom. The number of carboxylic acid groups (broad SMARTS) is 1. The van der Waals surface area contributed by atoms with Gasteiger partial charge in [0.15, 0.2) is 0 Å². The van der Waals surface area contributed by atoms with Gasteiger partial charge >= 0.3 is 11.7 Å². The van der Waals surface area contributed by atoms with Crippen molar-refractivity contribution in [3.05, 3.63) is 110 Å². The molecule has 0 spiro atoms. The average Bonchev–Trinajstić information content (AvgIpc) is 2.74. The molecule has 0 aliphatic rings. The average molecular weight is 442 g/mol. The summed E-state index contributed by atoms with van der Waals surface area (Å²) in [5.74, 6) is -5.57. The standard InChI is InChI=1S/C22H16F2N2O6/c23-15-6-3-4-13(8-15)10-26-20(29)16(18(27)9-19(28)21(30)31)12-25(22(26)32)11-14-5-1-2-7-17(14)24/h1-9,12,27H,10-11H2,(H,30,31)/b18-9-. The Bertz CT molecular complexity index is 1360. The third kappa shape index (κ3) is 4.86. The smallest absolute Gasteiger partial charge is 0.376 e. The second kappa shape index (κ2) is 9.21. The van der Waals surface area contributed by atoms with Crippen molar-refractivity contribution in [3.8, 4) is 0 Å². The van der Waals surface area contributed by atoms with Crippen LogP contribution in [0.2, 0.25) is 0 Å². The van der Waals surface area contributed by atoms with Crippen molar-refractivity contribution in [2.45, 2.75) is 13.1 Å². The van der Waals surface area contributed by atoms with Crippen LogP contribution in [-0.4, -0.2) is 31.1 Å². The Labute approximate surface area is 178 Å². The molecule has 0 unspecified atom stereocenters. The van der Waals surface area contributed by atoms with Gasteiger partial charge in [-0.2, -0.15) is 0 Å². The summed E-state index contributed by atoms with van der Waals surface area (Å²) >= 11 is 0. The van der Waals surface area contributed by atoms with E-state index < -0.39 is 46.0 Å². The highest BCUT2D eigenvalue weighted by Crippen LogP contribution is 2.11. The highest BCUT2D eigenvalue weighted by Gasteiger charge is 2.18. The molecule has 8 nitrogen and oxygen atoms in total. The molecule has 0 saturated heterocycles. The molecule has 3 aromatic rings. The molecule has 0 radical (unpaired) electrons. The van der Waals surface area contributed by atoms with Crippen molar-refractivity contribution in [2.24, 2.45) is 0 Å². The number of carboxylic acids is 1. The summed E-state index contributed by atoms with van der Waals surface area (Å²) in [7, 11) is 0. The van der Waals surface area contributed by atoms with E-state index in [-0.39, 0.29) is 24.2 Å². The minimum Gasteiger partial charge on any atom is -0.507 e. The van der Waals surface area contributed by atoms with Crippen molar-refractivity contribution in [1.29, 1.82) is 0 Å². The molecular formula is C22H16F2N2O6. The van der Waals surface area contributed by atoms with Crippen LogP contribution in [0.3, 0.4) is 0 Å². The lowest BCUT2D eigenvalue weighted by Gasteiger charge is -2.14. The molecule has 0 fully saturated rings. The Kier molecular flexibility index (Phi) is 6.43. The number of rotatable bonds is 7. The van der Waals surface area contributed by atoms with E-state index in [4.69, 9.17) is 5.11 Å². The van der Waals surface area contributed by atoms with E-state index in [0.717, 1.165) is 16.8 Å². The van der Waals surface area contributed by atoms with Crippen molar-refractivity contribution in [2.75, 3.05) is 0 Å². The predicted molar refractivity (Wildman–Crippen MR) is 109 cm³/mol. The Hall–Kier alpha value is -4.34. The van der Waals surface area contributed by atoms with E-state index in [1.54, 1.807) is 0 Å². The van der Waals surface area contributed by atoms with Gasteiger partial charge in [-0.25, -0.2) is 18.4 Å². The van der Waals surface area contributed by atoms with Gasteiger partial charge in [-0.15, -0.1) is 0 Å². The molecule has 164 valence electrons. The quantitative estimate of drug-likeness (QED) is 0.328. The van der Waals surface area contributed by atoms with Gasteiger partial charge in [-0.05, 0) is 23.8 Å². The summed E-state index contributed by atoms with van der Waals surface area (Å²) < 4.78 is 29.2. The number of ketones is 1. The van der Waals surface area contributed by atoms with Crippen LogP contribution in [0.25, 0.3) is 5.76 Å². The minimum atomic E-state index is -1.86. The molecule has 32 heavy (non-hydrogen) atoms. The van der Waals surface area contributed by atoms with Crippen LogP contribution in [0.5, 0.6) is 0 Å². The molecule has 10 heteroatoms. The zero-order valence-corrected chi connectivity index (χ0v) is 16.4. The number of hydrogen-bond acceptors (Lipinski definition) is 5. The normalized spacial score (nSPS) is 11.4. The van der Waals surface area contributed by atoms with E-state index in [1.165, 1.54) is 42.5 Å².